The quantitative estimate of drug-likeness (QED) is 0.716. The highest BCUT2D eigenvalue weighted by atomic mass is 16.2. The van der Waals surface area contributed by atoms with Crippen molar-refractivity contribution in [2.24, 2.45) is 5.92 Å². The Bertz CT molecular complexity index is 279. The van der Waals surface area contributed by atoms with Crippen LogP contribution in [0, 0.1) is 5.92 Å². The van der Waals surface area contributed by atoms with Crippen LogP contribution in [0.25, 0.3) is 0 Å². The highest BCUT2D eigenvalue weighted by Crippen LogP contribution is 2.18. The normalized spacial score (nSPS) is 22.5. The highest BCUT2D eigenvalue weighted by molar-refractivity contribution is 5.94. The first-order chi connectivity index (χ1) is 8.11. The summed E-state index contributed by atoms with van der Waals surface area (Å²) in [6.07, 6.45) is 4.14. The molecule has 4 heteroatoms. The molecule has 0 saturated carbocycles. The van der Waals surface area contributed by atoms with E-state index in [0.717, 1.165) is 32.2 Å². The fraction of sp³-hybridized carbons (Fsp3) is 0.846. The molecule has 1 N–H and O–H groups in total. The van der Waals surface area contributed by atoms with Gasteiger partial charge in [-0.25, -0.2) is 0 Å². The summed E-state index contributed by atoms with van der Waals surface area (Å²) in [5.41, 5.74) is 0. The minimum atomic E-state index is -0.266. The van der Waals surface area contributed by atoms with Crippen molar-refractivity contribution >= 4 is 11.8 Å². The van der Waals surface area contributed by atoms with Gasteiger partial charge in [0, 0.05) is 6.54 Å². The number of nitrogens with one attached hydrogen (secondary N) is 1. The zero-order chi connectivity index (χ0) is 12.8. The summed E-state index contributed by atoms with van der Waals surface area (Å²) in [6.45, 7) is 7.11. The molecule has 2 unspecified atom stereocenters. The van der Waals surface area contributed by atoms with Crippen LogP contribution in [0.4, 0.5) is 0 Å². The number of unbranched alkanes of at least 4 members (excludes halogenated alkanes) is 2. The molecule has 1 aliphatic rings. The van der Waals surface area contributed by atoms with E-state index in [1.165, 1.54) is 0 Å². The molecule has 1 saturated heterocycles. The van der Waals surface area contributed by atoms with Crippen molar-refractivity contribution in [3.8, 4) is 0 Å². The van der Waals surface area contributed by atoms with E-state index < -0.39 is 0 Å². The first kappa shape index (κ1) is 14.0. The Morgan fingerprint density at radius 2 is 2.06 bits per heavy atom. The Morgan fingerprint density at radius 3 is 2.65 bits per heavy atom. The molecule has 1 fully saturated rings. The van der Waals surface area contributed by atoms with Crippen LogP contribution >= 0.6 is 0 Å². The third-order valence-electron chi connectivity index (χ3n) is 3.52. The van der Waals surface area contributed by atoms with Gasteiger partial charge in [-0.3, -0.25) is 9.59 Å². The molecule has 1 heterocycles. The standard InChI is InChI=1S/C13H24N2O2/c1-4-6-7-8-15-11(16)9-14-13(17)12(15)10(3)5-2/h10,12H,4-9H2,1-3H3,(H,14,17). The largest absolute Gasteiger partial charge is 0.345 e. The van der Waals surface area contributed by atoms with Gasteiger partial charge in [0.1, 0.15) is 6.04 Å². The van der Waals surface area contributed by atoms with Crippen molar-refractivity contribution in [2.75, 3.05) is 13.1 Å². The smallest absolute Gasteiger partial charge is 0.243 e. The molecule has 2 atom stereocenters. The molecule has 1 rings (SSSR count). The Labute approximate surface area is 104 Å². The molecule has 0 aliphatic carbocycles. The van der Waals surface area contributed by atoms with Crippen LogP contribution in [-0.2, 0) is 9.59 Å². The molecule has 17 heavy (non-hydrogen) atoms. The highest BCUT2D eigenvalue weighted by Gasteiger charge is 2.36. The van der Waals surface area contributed by atoms with Crippen molar-refractivity contribution in [1.82, 2.24) is 10.2 Å². The zero-order valence-corrected chi connectivity index (χ0v) is 11.2. The van der Waals surface area contributed by atoms with E-state index in [1.54, 1.807) is 4.90 Å². The summed E-state index contributed by atoms with van der Waals surface area (Å²) in [7, 11) is 0. The lowest BCUT2D eigenvalue weighted by molar-refractivity contribution is -0.147. The molecule has 98 valence electrons. The molecule has 4 nitrogen and oxygen atoms in total. The summed E-state index contributed by atoms with van der Waals surface area (Å²) in [4.78, 5) is 25.5. The molecule has 2 amide bonds. The molecule has 0 spiro atoms. The predicted octanol–water partition coefficient (Wildman–Crippen LogP) is 1.55. The Kier molecular flexibility index (Phi) is 5.45. The maximum atomic E-state index is 11.9. The van der Waals surface area contributed by atoms with Crippen molar-refractivity contribution in [1.29, 1.82) is 0 Å². The summed E-state index contributed by atoms with van der Waals surface area (Å²) in [5, 5.41) is 2.69. The molecule has 0 bridgehead atoms. The summed E-state index contributed by atoms with van der Waals surface area (Å²) < 4.78 is 0. The van der Waals surface area contributed by atoms with Gasteiger partial charge in [-0.2, -0.15) is 0 Å². The van der Waals surface area contributed by atoms with E-state index in [1.807, 2.05) is 6.92 Å². The number of carbonyl (C=O) groups excluding carboxylic acids is 2. The van der Waals surface area contributed by atoms with E-state index >= 15 is 0 Å². The first-order valence-corrected chi connectivity index (χ1v) is 6.69. The topological polar surface area (TPSA) is 49.4 Å². The van der Waals surface area contributed by atoms with Gasteiger partial charge in [-0.05, 0) is 12.3 Å². The molecule has 0 aromatic rings. The fourth-order valence-corrected chi connectivity index (χ4v) is 2.25. The number of hydrogen-bond acceptors (Lipinski definition) is 2. The third-order valence-corrected chi connectivity index (χ3v) is 3.52. The van der Waals surface area contributed by atoms with Gasteiger partial charge >= 0.3 is 0 Å². The Morgan fingerprint density at radius 1 is 1.35 bits per heavy atom. The molecular weight excluding hydrogens is 216 g/mol. The van der Waals surface area contributed by atoms with Crippen molar-refractivity contribution in [3.05, 3.63) is 0 Å². The lowest BCUT2D eigenvalue weighted by Gasteiger charge is -2.38. The molecule has 0 radical (unpaired) electrons. The van der Waals surface area contributed by atoms with Crippen LogP contribution in [0.5, 0.6) is 0 Å². The maximum Gasteiger partial charge on any atom is 0.243 e. The molecular formula is C13H24N2O2. The Balaban J connectivity index is 2.69. The van der Waals surface area contributed by atoms with Crippen LogP contribution in [0.15, 0.2) is 0 Å². The first-order valence-electron chi connectivity index (χ1n) is 6.69. The SMILES string of the molecule is CCCCCN1C(=O)CNC(=O)C1C(C)CC. The van der Waals surface area contributed by atoms with E-state index in [0.29, 0.717) is 0 Å². The second-order valence-electron chi connectivity index (χ2n) is 4.84. The molecule has 1 aliphatic heterocycles. The van der Waals surface area contributed by atoms with Crippen molar-refractivity contribution < 1.29 is 9.59 Å². The second kappa shape index (κ2) is 6.62. The maximum absolute atomic E-state index is 11.9. The van der Waals surface area contributed by atoms with Gasteiger partial charge in [0.05, 0.1) is 6.54 Å². The second-order valence-corrected chi connectivity index (χ2v) is 4.84. The van der Waals surface area contributed by atoms with Gasteiger partial charge < -0.3 is 10.2 Å². The monoisotopic (exact) mass is 240 g/mol. The number of rotatable bonds is 6. The van der Waals surface area contributed by atoms with Crippen LogP contribution in [-0.4, -0.2) is 35.8 Å². The number of amides is 2. The molecule has 0 aromatic heterocycles. The number of carbonyl (C=O) groups is 2. The third kappa shape index (κ3) is 3.45. The minimum absolute atomic E-state index is 0.00967. The summed E-state index contributed by atoms with van der Waals surface area (Å²) in [5.74, 6) is 0.294. The zero-order valence-electron chi connectivity index (χ0n) is 11.2. The average Bonchev–Trinajstić information content (AvgIpc) is 2.33. The lowest BCUT2D eigenvalue weighted by atomic mass is 9.94. The van der Waals surface area contributed by atoms with Gasteiger partial charge in [-0.1, -0.05) is 40.0 Å². The summed E-state index contributed by atoms with van der Waals surface area (Å²) in [6, 6.07) is -0.266. The summed E-state index contributed by atoms with van der Waals surface area (Å²) >= 11 is 0. The van der Waals surface area contributed by atoms with Crippen LogP contribution in [0.3, 0.4) is 0 Å². The number of hydrogen-bond donors (Lipinski definition) is 1. The van der Waals surface area contributed by atoms with Crippen LogP contribution < -0.4 is 5.32 Å². The van der Waals surface area contributed by atoms with Gasteiger partial charge in [0.2, 0.25) is 11.8 Å². The van der Waals surface area contributed by atoms with Gasteiger partial charge in [0.15, 0.2) is 0 Å². The predicted molar refractivity (Wildman–Crippen MR) is 67.5 cm³/mol. The van der Waals surface area contributed by atoms with Crippen LogP contribution in [0.1, 0.15) is 46.5 Å². The minimum Gasteiger partial charge on any atom is -0.345 e. The van der Waals surface area contributed by atoms with Crippen molar-refractivity contribution in [3.63, 3.8) is 0 Å². The number of piperazine rings is 1. The van der Waals surface area contributed by atoms with Crippen molar-refractivity contribution in [2.45, 2.75) is 52.5 Å². The molecule has 0 aromatic carbocycles. The fourth-order valence-electron chi connectivity index (χ4n) is 2.25. The average molecular weight is 240 g/mol. The Hall–Kier alpha value is -1.06. The van der Waals surface area contributed by atoms with Gasteiger partial charge in [-0.15, -0.1) is 0 Å². The van der Waals surface area contributed by atoms with Gasteiger partial charge in [0.25, 0.3) is 0 Å². The van der Waals surface area contributed by atoms with Crippen LogP contribution in [0.2, 0.25) is 0 Å². The van der Waals surface area contributed by atoms with E-state index in [4.69, 9.17) is 0 Å². The van der Waals surface area contributed by atoms with E-state index in [2.05, 4.69) is 19.2 Å². The van der Waals surface area contributed by atoms with E-state index in [9.17, 15) is 9.59 Å². The number of nitrogens with zero attached hydrogens (tertiary/aromatic N) is 1. The van der Waals surface area contributed by atoms with E-state index in [-0.39, 0.29) is 30.3 Å². The lowest BCUT2D eigenvalue weighted by Crippen LogP contribution is -2.60.